The van der Waals surface area contributed by atoms with E-state index >= 15 is 0 Å². The summed E-state index contributed by atoms with van der Waals surface area (Å²) in [5, 5.41) is 4.99. The first-order valence-electron chi connectivity index (χ1n) is 12.7. The van der Waals surface area contributed by atoms with Gasteiger partial charge in [-0.3, -0.25) is 0 Å². The molecule has 0 aliphatic heterocycles. The maximum absolute atomic E-state index is 2.43. The average Bonchev–Trinajstić information content (AvgIpc) is 3.38. The minimum atomic E-state index is 1.15. The lowest BCUT2D eigenvalue weighted by molar-refractivity contribution is 1.10. The highest BCUT2D eigenvalue weighted by Gasteiger charge is 2.21. The minimum Gasteiger partial charge on any atom is -0.309 e. The molecule has 7 rings (SSSR count). The predicted molar refractivity (Wildman–Crippen MR) is 157 cm³/mol. The number of nitrogens with zero attached hydrogens (tertiary/aromatic N) is 1. The zero-order valence-corrected chi connectivity index (χ0v) is 20.4. The number of hydrogen-bond acceptors (Lipinski definition) is 0. The molecule has 0 atom stereocenters. The maximum Gasteiger partial charge on any atom is 0.0613 e. The fraction of sp³-hybridized carbons (Fsp3) is 0. The summed E-state index contributed by atoms with van der Waals surface area (Å²) in [5.74, 6) is 0. The molecule has 0 saturated carbocycles. The van der Waals surface area contributed by atoms with Crippen molar-refractivity contribution in [3.8, 4) is 39.3 Å². The van der Waals surface area contributed by atoms with Gasteiger partial charge in [-0.25, -0.2) is 0 Å². The molecule has 0 radical (unpaired) electrons. The maximum atomic E-state index is 2.43. The Morgan fingerprint density at radius 3 is 1.51 bits per heavy atom. The van der Waals surface area contributed by atoms with E-state index < -0.39 is 0 Å². The van der Waals surface area contributed by atoms with E-state index in [1.807, 2.05) is 0 Å². The van der Waals surface area contributed by atoms with Crippen molar-refractivity contribution in [3.63, 3.8) is 0 Å². The fourth-order valence-corrected chi connectivity index (χ4v) is 5.38. The zero-order valence-electron chi connectivity index (χ0n) is 20.4. The van der Waals surface area contributed by atoms with E-state index in [2.05, 4.69) is 156 Å². The predicted octanol–water partition coefficient (Wildman–Crippen LogP) is 9.78. The third-order valence-electron chi connectivity index (χ3n) is 7.17. The SMILES string of the molecule is c1ccc(-c2cc(-c3ccc4ccccc4c3)n(-c3ccccc3)c2-c2ccc3ccccc3c2)cc1. The number of benzene rings is 6. The van der Waals surface area contributed by atoms with E-state index in [1.165, 1.54) is 55.2 Å². The van der Waals surface area contributed by atoms with Gasteiger partial charge in [-0.1, -0.05) is 121 Å². The van der Waals surface area contributed by atoms with Gasteiger partial charge in [0.25, 0.3) is 0 Å². The Bertz CT molecular complexity index is 1860. The third kappa shape index (κ3) is 3.82. The van der Waals surface area contributed by atoms with E-state index in [0.717, 1.165) is 5.69 Å². The van der Waals surface area contributed by atoms with Crippen molar-refractivity contribution in [2.24, 2.45) is 0 Å². The summed E-state index contributed by atoms with van der Waals surface area (Å²) in [6, 6.07) is 54.5. The molecule has 1 nitrogen and oxygen atoms in total. The van der Waals surface area contributed by atoms with Crippen LogP contribution in [0.1, 0.15) is 0 Å². The number of rotatable bonds is 4. The Balaban J connectivity index is 1.58. The molecule has 0 saturated heterocycles. The van der Waals surface area contributed by atoms with Crippen LogP contribution in [0.3, 0.4) is 0 Å². The normalized spacial score (nSPS) is 11.2. The third-order valence-corrected chi connectivity index (χ3v) is 7.17. The number of fused-ring (bicyclic) bond motifs is 2. The van der Waals surface area contributed by atoms with Crippen LogP contribution in [0.5, 0.6) is 0 Å². The lowest BCUT2D eigenvalue weighted by Gasteiger charge is -2.16. The molecule has 0 aliphatic rings. The first-order chi connectivity index (χ1) is 18.3. The highest BCUT2D eigenvalue weighted by molar-refractivity contribution is 5.95. The molecule has 1 aromatic heterocycles. The Labute approximate surface area is 216 Å². The summed E-state index contributed by atoms with van der Waals surface area (Å²) >= 11 is 0. The van der Waals surface area contributed by atoms with Crippen molar-refractivity contribution in [1.82, 2.24) is 4.57 Å². The van der Waals surface area contributed by atoms with Crippen molar-refractivity contribution in [3.05, 3.63) is 152 Å². The van der Waals surface area contributed by atoms with Crippen LogP contribution in [0, 0.1) is 0 Å². The van der Waals surface area contributed by atoms with Crippen LogP contribution in [0.15, 0.2) is 152 Å². The Morgan fingerprint density at radius 1 is 0.351 bits per heavy atom. The average molecular weight is 472 g/mol. The van der Waals surface area contributed by atoms with Gasteiger partial charge in [0.2, 0.25) is 0 Å². The van der Waals surface area contributed by atoms with Crippen LogP contribution < -0.4 is 0 Å². The molecular weight excluding hydrogens is 446 g/mol. The van der Waals surface area contributed by atoms with E-state index in [9.17, 15) is 0 Å². The standard InChI is InChI=1S/C36H25N/c1-3-13-28(14-4-1)34-25-35(31-21-19-26-11-7-9-15-29(26)23-31)37(33-17-5-2-6-18-33)36(34)32-22-20-27-12-8-10-16-30(27)24-32/h1-25H. The molecule has 6 aromatic carbocycles. The van der Waals surface area contributed by atoms with Gasteiger partial charge in [0.05, 0.1) is 11.4 Å². The summed E-state index contributed by atoms with van der Waals surface area (Å²) in [7, 11) is 0. The second-order valence-electron chi connectivity index (χ2n) is 9.45. The van der Waals surface area contributed by atoms with Crippen molar-refractivity contribution < 1.29 is 0 Å². The van der Waals surface area contributed by atoms with E-state index in [1.54, 1.807) is 0 Å². The molecule has 0 fully saturated rings. The van der Waals surface area contributed by atoms with Gasteiger partial charge < -0.3 is 4.57 Å². The van der Waals surface area contributed by atoms with Gasteiger partial charge in [0.1, 0.15) is 0 Å². The summed E-state index contributed by atoms with van der Waals surface area (Å²) in [5.41, 5.74) is 8.37. The molecule has 0 amide bonds. The van der Waals surface area contributed by atoms with Gasteiger partial charge in [-0.15, -0.1) is 0 Å². The van der Waals surface area contributed by atoms with Crippen molar-refractivity contribution in [2.45, 2.75) is 0 Å². The van der Waals surface area contributed by atoms with Gasteiger partial charge >= 0.3 is 0 Å². The molecule has 37 heavy (non-hydrogen) atoms. The number of aromatic nitrogens is 1. The van der Waals surface area contributed by atoms with Crippen molar-refractivity contribution >= 4 is 21.5 Å². The second kappa shape index (κ2) is 8.96. The summed E-state index contributed by atoms with van der Waals surface area (Å²) in [6.45, 7) is 0. The molecule has 0 unspecified atom stereocenters. The lowest BCUT2D eigenvalue weighted by Crippen LogP contribution is -2.00. The molecule has 174 valence electrons. The number of hydrogen-bond donors (Lipinski definition) is 0. The summed E-state index contributed by atoms with van der Waals surface area (Å²) in [4.78, 5) is 0. The van der Waals surface area contributed by atoms with E-state index in [4.69, 9.17) is 0 Å². The fourth-order valence-electron chi connectivity index (χ4n) is 5.38. The highest BCUT2D eigenvalue weighted by Crippen LogP contribution is 2.42. The summed E-state index contributed by atoms with van der Waals surface area (Å²) < 4.78 is 2.43. The van der Waals surface area contributed by atoms with Gasteiger partial charge in [-0.2, -0.15) is 0 Å². The molecular formula is C36H25N. The Hall–Kier alpha value is -4.88. The molecule has 7 aromatic rings. The van der Waals surface area contributed by atoms with Gasteiger partial charge in [0.15, 0.2) is 0 Å². The lowest BCUT2D eigenvalue weighted by atomic mass is 9.98. The van der Waals surface area contributed by atoms with Gasteiger partial charge in [-0.05, 0) is 68.6 Å². The van der Waals surface area contributed by atoms with E-state index in [0.29, 0.717) is 0 Å². The zero-order chi connectivity index (χ0) is 24.6. The summed E-state index contributed by atoms with van der Waals surface area (Å²) in [6.07, 6.45) is 0. The molecule has 0 spiro atoms. The van der Waals surface area contributed by atoms with Crippen molar-refractivity contribution in [1.29, 1.82) is 0 Å². The van der Waals surface area contributed by atoms with E-state index in [-0.39, 0.29) is 0 Å². The molecule has 0 aliphatic carbocycles. The Kier molecular flexibility index (Phi) is 5.19. The van der Waals surface area contributed by atoms with Crippen LogP contribution in [-0.2, 0) is 0 Å². The van der Waals surface area contributed by atoms with Crippen LogP contribution in [0.2, 0.25) is 0 Å². The van der Waals surface area contributed by atoms with Gasteiger partial charge in [0, 0.05) is 11.3 Å². The molecule has 1 heterocycles. The van der Waals surface area contributed by atoms with Crippen molar-refractivity contribution in [2.75, 3.05) is 0 Å². The minimum absolute atomic E-state index is 1.15. The molecule has 1 heteroatoms. The second-order valence-corrected chi connectivity index (χ2v) is 9.45. The first kappa shape index (κ1) is 21.4. The highest BCUT2D eigenvalue weighted by atomic mass is 15.0. The van der Waals surface area contributed by atoms with Crippen LogP contribution in [-0.4, -0.2) is 4.57 Å². The van der Waals surface area contributed by atoms with Crippen LogP contribution >= 0.6 is 0 Å². The van der Waals surface area contributed by atoms with Crippen LogP contribution in [0.25, 0.3) is 60.9 Å². The molecule has 0 bridgehead atoms. The largest absolute Gasteiger partial charge is 0.309 e. The topological polar surface area (TPSA) is 4.93 Å². The quantitative estimate of drug-likeness (QED) is 0.241. The first-order valence-corrected chi connectivity index (χ1v) is 12.7. The number of para-hydroxylation sites is 1. The monoisotopic (exact) mass is 471 g/mol. The van der Waals surface area contributed by atoms with Crippen LogP contribution in [0.4, 0.5) is 0 Å². The smallest absolute Gasteiger partial charge is 0.0613 e. The molecule has 0 N–H and O–H groups in total. The Morgan fingerprint density at radius 2 is 0.865 bits per heavy atom.